The molecular formula is C16H23NO2. The van der Waals surface area contributed by atoms with Gasteiger partial charge in [-0.25, -0.2) is 0 Å². The molecule has 1 heterocycles. The summed E-state index contributed by atoms with van der Waals surface area (Å²) in [5.74, 6) is -0.269. The summed E-state index contributed by atoms with van der Waals surface area (Å²) >= 11 is 0. The maximum atomic E-state index is 11.4. The molecule has 0 aromatic heterocycles. The van der Waals surface area contributed by atoms with E-state index < -0.39 is 11.4 Å². The van der Waals surface area contributed by atoms with Crippen molar-refractivity contribution in [1.82, 2.24) is 0 Å². The van der Waals surface area contributed by atoms with Crippen LogP contribution >= 0.6 is 0 Å². The summed E-state index contributed by atoms with van der Waals surface area (Å²) in [6.07, 6.45) is 0. The Hall–Kier alpha value is -1.51. The minimum absolute atomic E-state index is 0.437. The molecule has 1 aromatic carbocycles. The van der Waals surface area contributed by atoms with Gasteiger partial charge in [0.2, 0.25) is 0 Å². The van der Waals surface area contributed by atoms with Crippen molar-refractivity contribution in [2.24, 2.45) is 0 Å². The lowest BCUT2D eigenvalue weighted by atomic mass is 9.83. The van der Waals surface area contributed by atoms with Gasteiger partial charge in [0.1, 0.15) is 0 Å². The van der Waals surface area contributed by atoms with Crippen molar-refractivity contribution in [1.29, 1.82) is 0 Å². The van der Waals surface area contributed by atoms with E-state index in [9.17, 15) is 9.90 Å². The molecular weight excluding hydrogens is 238 g/mol. The van der Waals surface area contributed by atoms with Crippen molar-refractivity contribution < 1.29 is 9.90 Å². The number of nitrogens with zero attached hydrogens (tertiary/aromatic N) is 1. The zero-order valence-corrected chi connectivity index (χ0v) is 12.4. The summed E-state index contributed by atoms with van der Waals surface area (Å²) in [6, 6.07) is 6.56. The smallest absolute Gasteiger partial charge is 0.313 e. The van der Waals surface area contributed by atoms with Gasteiger partial charge < -0.3 is 10.0 Å². The first-order valence-electron chi connectivity index (χ1n) is 6.89. The van der Waals surface area contributed by atoms with Gasteiger partial charge in [0.25, 0.3) is 0 Å². The topological polar surface area (TPSA) is 40.5 Å². The van der Waals surface area contributed by atoms with Crippen LogP contribution in [0.4, 0.5) is 5.69 Å². The fourth-order valence-electron chi connectivity index (χ4n) is 2.70. The lowest BCUT2D eigenvalue weighted by Crippen LogP contribution is -2.31. The number of benzene rings is 1. The van der Waals surface area contributed by atoms with Gasteiger partial charge in [-0.3, -0.25) is 4.79 Å². The zero-order chi connectivity index (χ0) is 14.4. The highest BCUT2D eigenvalue weighted by Gasteiger charge is 2.33. The second-order valence-electron chi connectivity index (χ2n) is 6.35. The highest BCUT2D eigenvalue weighted by Crippen LogP contribution is 2.39. The molecule has 0 bridgehead atoms. The van der Waals surface area contributed by atoms with Gasteiger partial charge in [-0.05, 0) is 44.9 Å². The van der Waals surface area contributed by atoms with Gasteiger partial charge >= 0.3 is 5.97 Å². The summed E-state index contributed by atoms with van der Waals surface area (Å²) < 4.78 is 0. The van der Waals surface area contributed by atoms with Crippen molar-refractivity contribution in [3.8, 4) is 0 Å². The minimum Gasteiger partial charge on any atom is -0.481 e. The van der Waals surface area contributed by atoms with Crippen LogP contribution in [0.25, 0.3) is 0 Å². The summed E-state index contributed by atoms with van der Waals surface area (Å²) in [5, 5.41) is 9.36. The highest BCUT2D eigenvalue weighted by molar-refractivity contribution is 5.81. The van der Waals surface area contributed by atoms with Gasteiger partial charge in [0.15, 0.2) is 0 Å². The van der Waals surface area contributed by atoms with Crippen molar-refractivity contribution in [3.05, 3.63) is 29.3 Å². The number of hydrogen-bond acceptors (Lipinski definition) is 2. The van der Waals surface area contributed by atoms with E-state index in [1.165, 1.54) is 11.3 Å². The maximum absolute atomic E-state index is 11.4. The third-order valence-electron chi connectivity index (χ3n) is 4.22. The number of anilines is 1. The minimum atomic E-state index is -0.844. The molecule has 1 aliphatic heterocycles. The van der Waals surface area contributed by atoms with Gasteiger partial charge in [0, 0.05) is 24.2 Å². The first-order valence-corrected chi connectivity index (χ1v) is 6.89. The van der Waals surface area contributed by atoms with E-state index in [0.717, 1.165) is 12.1 Å². The van der Waals surface area contributed by atoms with Crippen LogP contribution in [0.5, 0.6) is 0 Å². The van der Waals surface area contributed by atoms with Crippen molar-refractivity contribution >= 4 is 11.7 Å². The van der Waals surface area contributed by atoms with E-state index in [0.29, 0.717) is 12.0 Å². The van der Waals surface area contributed by atoms with Crippen molar-refractivity contribution in [2.45, 2.75) is 52.0 Å². The van der Waals surface area contributed by atoms with Crippen LogP contribution in [-0.4, -0.2) is 23.7 Å². The maximum Gasteiger partial charge on any atom is 0.313 e. The van der Waals surface area contributed by atoms with E-state index >= 15 is 0 Å². The molecule has 0 radical (unpaired) electrons. The Labute approximate surface area is 115 Å². The molecule has 1 atom stereocenters. The summed E-state index contributed by atoms with van der Waals surface area (Å²) in [6.45, 7) is 11.1. The molecule has 3 nitrogen and oxygen atoms in total. The molecule has 0 amide bonds. The molecule has 0 aliphatic carbocycles. The van der Waals surface area contributed by atoms with Crippen molar-refractivity contribution in [3.63, 3.8) is 0 Å². The lowest BCUT2D eigenvalue weighted by molar-refractivity contribution is -0.142. The van der Waals surface area contributed by atoms with Gasteiger partial charge in [-0.1, -0.05) is 19.1 Å². The molecule has 0 saturated carbocycles. The van der Waals surface area contributed by atoms with Crippen LogP contribution in [0, 0.1) is 0 Å². The lowest BCUT2D eigenvalue weighted by Gasteiger charge is -2.26. The number of carbonyl (C=O) groups is 1. The molecule has 1 aliphatic rings. The van der Waals surface area contributed by atoms with E-state index in [-0.39, 0.29) is 0 Å². The molecule has 2 rings (SSSR count). The van der Waals surface area contributed by atoms with E-state index in [4.69, 9.17) is 0 Å². The SMILES string of the molecule is CC1CN(C(C)C)c2cc(C(C)(C)C(=O)O)ccc21. The Balaban J connectivity index is 2.49. The molecule has 0 fully saturated rings. The summed E-state index contributed by atoms with van der Waals surface area (Å²) in [4.78, 5) is 13.8. The third kappa shape index (κ3) is 2.22. The Morgan fingerprint density at radius 3 is 2.58 bits per heavy atom. The van der Waals surface area contributed by atoms with Gasteiger partial charge in [-0.15, -0.1) is 0 Å². The van der Waals surface area contributed by atoms with E-state index in [1.807, 2.05) is 6.07 Å². The zero-order valence-electron chi connectivity index (χ0n) is 12.4. The van der Waals surface area contributed by atoms with Crippen LogP contribution in [0.15, 0.2) is 18.2 Å². The molecule has 1 aromatic rings. The number of rotatable bonds is 3. The largest absolute Gasteiger partial charge is 0.481 e. The average molecular weight is 261 g/mol. The first kappa shape index (κ1) is 13.9. The monoisotopic (exact) mass is 261 g/mol. The van der Waals surface area contributed by atoms with Crippen LogP contribution in [0.2, 0.25) is 0 Å². The fraction of sp³-hybridized carbons (Fsp3) is 0.562. The van der Waals surface area contributed by atoms with Crippen LogP contribution in [0.1, 0.15) is 51.7 Å². The second-order valence-corrected chi connectivity index (χ2v) is 6.35. The van der Waals surface area contributed by atoms with E-state index in [1.54, 1.807) is 13.8 Å². The van der Waals surface area contributed by atoms with Gasteiger partial charge in [0.05, 0.1) is 5.41 Å². The standard InChI is InChI=1S/C16H23NO2/c1-10(2)17-9-11(3)13-7-6-12(8-14(13)17)16(4,5)15(18)19/h6-8,10-11H,9H2,1-5H3,(H,18,19). The normalized spacial score (nSPS) is 18.8. The summed E-state index contributed by atoms with van der Waals surface area (Å²) in [7, 11) is 0. The fourth-order valence-corrected chi connectivity index (χ4v) is 2.70. The Morgan fingerprint density at radius 1 is 1.42 bits per heavy atom. The molecule has 1 N–H and O–H groups in total. The predicted molar refractivity (Wildman–Crippen MR) is 78.0 cm³/mol. The predicted octanol–water partition coefficient (Wildman–Crippen LogP) is 3.38. The average Bonchev–Trinajstić information content (AvgIpc) is 2.66. The molecule has 1 unspecified atom stereocenters. The van der Waals surface area contributed by atoms with Crippen molar-refractivity contribution in [2.75, 3.05) is 11.4 Å². The Bertz CT molecular complexity index is 505. The number of fused-ring (bicyclic) bond motifs is 1. The second kappa shape index (κ2) is 4.55. The number of hydrogen-bond donors (Lipinski definition) is 1. The quantitative estimate of drug-likeness (QED) is 0.906. The molecule has 3 heteroatoms. The van der Waals surface area contributed by atoms with Gasteiger partial charge in [-0.2, -0.15) is 0 Å². The van der Waals surface area contributed by atoms with Crippen LogP contribution < -0.4 is 4.90 Å². The number of aliphatic carboxylic acids is 1. The molecule has 19 heavy (non-hydrogen) atoms. The number of carboxylic acids is 1. The summed E-state index contributed by atoms with van der Waals surface area (Å²) in [5.41, 5.74) is 2.57. The Kier molecular flexibility index (Phi) is 3.33. The third-order valence-corrected chi connectivity index (χ3v) is 4.22. The first-order chi connectivity index (χ1) is 8.75. The molecule has 104 valence electrons. The van der Waals surface area contributed by atoms with E-state index in [2.05, 4.69) is 37.8 Å². The Morgan fingerprint density at radius 2 is 2.05 bits per heavy atom. The van der Waals surface area contributed by atoms with Crippen LogP contribution in [-0.2, 0) is 10.2 Å². The molecule has 0 spiro atoms. The number of carboxylic acid groups (broad SMARTS) is 1. The highest BCUT2D eigenvalue weighted by atomic mass is 16.4. The van der Waals surface area contributed by atoms with Crippen LogP contribution in [0.3, 0.4) is 0 Å². The molecule has 0 saturated heterocycles.